The second-order valence-corrected chi connectivity index (χ2v) is 7.26. The lowest BCUT2D eigenvalue weighted by atomic mass is 9.98. The Morgan fingerprint density at radius 2 is 1.91 bits per heavy atom. The van der Waals surface area contributed by atoms with Crippen LogP contribution in [-0.4, -0.2) is 43.9 Å². The summed E-state index contributed by atoms with van der Waals surface area (Å²) in [6.45, 7) is -0.0913. The van der Waals surface area contributed by atoms with Crippen molar-refractivity contribution in [3.63, 3.8) is 0 Å². The first kappa shape index (κ1) is 19.7. The molecule has 4 aromatic rings. The van der Waals surface area contributed by atoms with Gasteiger partial charge in [0.2, 0.25) is 5.82 Å². The molecule has 9 heteroatoms. The van der Waals surface area contributed by atoms with E-state index in [9.17, 15) is 4.79 Å². The molecule has 160 valence electrons. The maximum Gasteiger partial charge on any atom is 0.266 e. The third-order valence-corrected chi connectivity index (χ3v) is 5.24. The second kappa shape index (κ2) is 8.46. The summed E-state index contributed by atoms with van der Waals surface area (Å²) in [5.41, 5.74) is 2.81. The molecular formula is C23H20N6O3. The zero-order valence-electron chi connectivity index (χ0n) is 17.3. The monoisotopic (exact) mass is 428 g/mol. The number of carbonyl (C=O) groups is 1. The zero-order chi connectivity index (χ0) is 21.9. The maximum absolute atomic E-state index is 13.2. The highest BCUT2D eigenvalue weighted by Gasteiger charge is 2.33. The van der Waals surface area contributed by atoms with Gasteiger partial charge in [0.25, 0.3) is 5.91 Å². The largest absolute Gasteiger partial charge is 0.497 e. The van der Waals surface area contributed by atoms with Crippen LogP contribution in [0.4, 0.5) is 0 Å². The lowest BCUT2D eigenvalue weighted by molar-refractivity contribution is -0.134. The minimum Gasteiger partial charge on any atom is -0.497 e. The van der Waals surface area contributed by atoms with E-state index in [1.165, 1.54) is 16.1 Å². The average molecular weight is 428 g/mol. The molecule has 1 aliphatic rings. The topological polar surface area (TPSA) is 98.6 Å². The highest BCUT2D eigenvalue weighted by atomic mass is 16.5. The minimum absolute atomic E-state index is 0.0913. The quantitative estimate of drug-likeness (QED) is 0.467. The van der Waals surface area contributed by atoms with Gasteiger partial charge in [-0.25, -0.2) is 5.01 Å². The van der Waals surface area contributed by atoms with Crippen LogP contribution in [0.1, 0.15) is 23.6 Å². The van der Waals surface area contributed by atoms with Gasteiger partial charge < -0.3 is 9.15 Å². The average Bonchev–Trinajstić information content (AvgIpc) is 3.60. The summed E-state index contributed by atoms with van der Waals surface area (Å²) in [7, 11) is 1.62. The van der Waals surface area contributed by atoms with E-state index in [2.05, 4.69) is 20.5 Å². The van der Waals surface area contributed by atoms with Crippen LogP contribution in [0.25, 0.3) is 11.6 Å². The molecule has 1 atom stereocenters. The molecule has 0 bridgehead atoms. The van der Waals surface area contributed by atoms with Crippen molar-refractivity contribution in [2.24, 2.45) is 5.10 Å². The fourth-order valence-electron chi connectivity index (χ4n) is 3.64. The summed E-state index contributed by atoms with van der Waals surface area (Å²) in [6, 6.07) is 20.8. The lowest BCUT2D eigenvalue weighted by Gasteiger charge is -2.22. The molecule has 5 rings (SSSR count). The molecule has 0 spiro atoms. The number of hydrogen-bond donors (Lipinski definition) is 0. The second-order valence-electron chi connectivity index (χ2n) is 7.26. The molecule has 2 aromatic heterocycles. The van der Waals surface area contributed by atoms with Crippen molar-refractivity contribution in [3.8, 4) is 17.3 Å². The van der Waals surface area contributed by atoms with E-state index in [0.29, 0.717) is 18.0 Å². The molecule has 2 aromatic carbocycles. The van der Waals surface area contributed by atoms with Gasteiger partial charge in [-0.15, -0.1) is 10.2 Å². The number of furan rings is 1. The Balaban J connectivity index is 1.41. The zero-order valence-corrected chi connectivity index (χ0v) is 17.3. The molecule has 3 heterocycles. The van der Waals surface area contributed by atoms with Gasteiger partial charge in [-0.3, -0.25) is 4.79 Å². The maximum atomic E-state index is 13.2. The number of carbonyl (C=O) groups excluding carboxylic acids is 1. The molecule has 0 N–H and O–H groups in total. The van der Waals surface area contributed by atoms with Crippen molar-refractivity contribution in [2.45, 2.75) is 19.0 Å². The molecule has 9 nitrogen and oxygen atoms in total. The predicted molar refractivity (Wildman–Crippen MR) is 116 cm³/mol. The summed E-state index contributed by atoms with van der Waals surface area (Å²) in [5, 5.41) is 18.4. The Bertz CT molecular complexity index is 1230. The molecule has 32 heavy (non-hydrogen) atoms. The normalized spacial score (nSPS) is 15.6. The van der Waals surface area contributed by atoms with Crippen LogP contribution in [0.2, 0.25) is 0 Å². The Labute approximate surface area is 183 Å². The summed E-state index contributed by atoms with van der Waals surface area (Å²) in [5.74, 6) is 1.33. The molecule has 1 amide bonds. The summed E-state index contributed by atoms with van der Waals surface area (Å²) >= 11 is 0. The van der Waals surface area contributed by atoms with Gasteiger partial charge in [0.1, 0.15) is 12.3 Å². The Morgan fingerprint density at radius 1 is 1.09 bits per heavy atom. The van der Waals surface area contributed by atoms with Crippen LogP contribution >= 0.6 is 0 Å². The van der Waals surface area contributed by atoms with Gasteiger partial charge in [-0.2, -0.15) is 9.90 Å². The van der Waals surface area contributed by atoms with E-state index in [1.54, 1.807) is 19.2 Å². The van der Waals surface area contributed by atoms with Gasteiger partial charge >= 0.3 is 0 Å². The van der Waals surface area contributed by atoms with Crippen LogP contribution in [-0.2, 0) is 11.3 Å². The number of benzene rings is 2. The van der Waals surface area contributed by atoms with Crippen molar-refractivity contribution >= 4 is 11.6 Å². The van der Waals surface area contributed by atoms with E-state index >= 15 is 0 Å². The summed E-state index contributed by atoms with van der Waals surface area (Å²) in [4.78, 5) is 14.5. The number of tetrazole rings is 1. The molecule has 0 saturated heterocycles. The van der Waals surface area contributed by atoms with Crippen molar-refractivity contribution in [1.82, 2.24) is 25.2 Å². The lowest BCUT2D eigenvalue weighted by Crippen LogP contribution is -2.31. The molecule has 0 saturated carbocycles. The number of methoxy groups -OCH3 is 1. The summed E-state index contributed by atoms with van der Waals surface area (Å²) in [6.07, 6.45) is 2.13. The number of ether oxygens (including phenoxy) is 1. The SMILES string of the molecule is COc1ccc(C2CC(c3ccccc3)=NN2C(=O)Cn2nnc(-c3ccco3)n2)cc1. The van der Waals surface area contributed by atoms with Gasteiger partial charge in [0, 0.05) is 6.42 Å². The first-order valence-corrected chi connectivity index (χ1v) is 10.1. The summed E-state index contributed by atoms with van der Waals surface area (Å²) < 4.78 is 10.6. The molecule has 0 aliphatic carbocycles. The molecule has 1 aliphatic heterocycles. The molecule has 1 unspecified atom stereocenters. The van der Waals surface area contributed by atoms with E-state index in [0.717, 1.165) is 22.6 Å². The smallest absolute Gasteiger partial charge is 0.266 e. The van der Waals surface area contributed by atoms with Crippen molar-refractivity contribution in [2.75, 3.05) is 7.11 Å². The van der Waals surface area contributed by atoms with Crippen LogP contribution in [0.15, 0.2) is 82.5 Å². The third kappa shape index (κ3) is 3.87. The van der Waals surface area contributed by atoms with Gasteiger partial charge in [0.15, 0.2) is 5.76 Å². The Hall–Kier alpha value is -4.27. The standard InChI is InChI=1S/C23H20N6O3/c1-31-18-11-9-17(10-12-18)20-14-19(16-6-3-2-4-7-16)25-29(20)22(30)15-28-26-23(24-27-28)21-8-5-13-32-21/h2-13,20H,14-15H2,1H3. The number of nitrogens with zero attached hydrogens (tertiary/aromatic N) is 6. The highest BCUT2D eigenvalue weighted by molar-refractivity contribution is 6.03. The van der Waals surface area contributed by atoms with E-state index in [4.69, 9.17) is 9.15 Å². The van der Waals surface area contributed by atoms with Crippen LogP contribution in [0, 0.1) is 0 Å². The first-order chi connectivity index (χ1) is 15.7. The fourth-order valence-corrected chi connectivity index (χ4v) is 3.64. The van der Waals surface area contributed by atoms with Crippen molar-refractivity contribution in [1.29, 1.82) is 0 Å². The Morgan fingerprint density at radius 3 is 2.62 bits per heavy atom. The molecular weight excluding hydrogens is 408 g/mol. The number of amides is 1. The van der Waals surface area contributed by atoms with Gasteiger partial charge in [-0.1, -0.05) is 42.5 Å². The number of hydrazone groups is 1. The van der Waals surface area contributed by atoms with Crippen LogP contribution in [0.5, 0.6) is 5.75 Å². The highest BCUT2D eigenvalue weighted by Crippen LogP contribution is 2.33. The van der Waals surface area contributed by atoms with E-state index in [-0.39, 0.29) is 18.5 Å². The van der Waals surface area contributed by atoms with Crippen molar-refractivity contribution in [3.05, 3.63) is 84.1 Å². The van der Waals surface area contributed by atoms with E-state index in [1.807, 2.05) is 54.6 Å². The van der Waals surface area contributed by atoms with Gasteiger partial charge in [0.05, 0.1) is 25.1 Å². The fraction of sp³-hybridized carbons (Fsp3) is 0.174. The van der Waals surface area contributed by atoms with E-state index < -0.39 is 0 Å². The van der Waals surface area contributed by atoms with Crippen LogP contribution < -0.4 is 4.74 Å². The van der Waals surface area contributed by atoms with Gasteiger partial charge in [-0.05, 0) is 40.6 Å². The number of rotatable bonds is 6. The molecule has 0 fully saturated rings. The third-order valence-electron chi connectivity index (χ3n) is 5.24. The minimum atomic E-state index is -0.239. The number of aromatic nitrogens is 4. The molecule has 0 radical (unpaired) electrons. The van der Waals surface area contributed by atoms with Crippen LogP contribution in [0.3, 0.4) is 0 Å². The predicted octanol–water partition coefficient (Wildman–Crippen LogP) is 3.32. The van der Waals surface area contributed by atoms with Crippen molar-refractivity contribution < 1.29 is 13.9 Å². The number of hydrogen-bond acceptors (Lipinski definition) is 7. The Kier molecular flexibility index (Phi) is 5.20. The first-order valence-electron chi connectivity index (χ1n) is 10.1.